The molecule has 2 aliphatic rings. The Labute approximate surface area is 266 Å². The molecule has 44 heavy (non-hydrogen) atoms. The molecular weight excluding hydrogens is 577 g/mol. The highest BCUT2D eigenvalue weighted by Crippen LogP contribution is 2.38. The fourth-order valence-electron chi connectivity index (χ4n) is 5.68. The Morgan fingerprint density at radius 2 is 0.886 bits per heavy atom. The summed E-state index contributed by atoms with van der Waals surface area (Å²) in [5.41, 5.74) is 12.6. The summed E-state index contributed by atoms with van der Waals surface area (Å²) in [5.74, 6) is 2.02. The van der Waals surface area contributed by atoms with Gasteiger partial charge in [0.15, 0.2) is 0 Å². The third-order valence-electron chi connectivity index (χ3n) is 7.68. The van der Waals surface area contributed by atoms with Crippen molar-refractivity contribution in [3.05, 3.63) is 108 Å². The second kappa shape index (κ2) is 12.8. The van der Waals surface area contributed by atoms with Gasteiger partial charge in [-0.15, -0.1) is 23.5 Å². The average Bonchev–Trinajstić information content (AvgIpc) is 3.89. The molecular formula is C38H34N4S2. The summed E-state index contributed by atoms with van der Waals surface area (Å²) in [5, 5.41) is 0. The van der Waals surface area contributed by atoms with Gasteiger partial charge < -0.3 is 9.97 Å². The van der Waals surface area contributed by atoms with E-state index in [2.05, 4.69) is 133 Å². The molecule has 0 unspecified atom stereocenters. The number of nitrogens with one attached hydrogen (secondary N) is 2. The summed E-state index contributed by atoms with van der Waals surface area (Å²) in [6.45, 7) is 4.45. The summed E-state index contributed by atoms with van der Waals surface area (Å²) in [6.07, 6.45) is 10.8. The number of aromatic nitrogens is 4. The fraction of sp³-hybridized carbons (Fsp3) is 0.158. The molecule has 5 heterocycles. The first-order chi connectivity index (χ1) is 21.7. The highest BCUT2D eigenvalue weighted by molar-refractivity contribution is 7.99. The number of thioether (sulfide) groups is 2. The summed E-state index contributed by atoms with van der Waals surface area (Å²) in [6, 6.07) is 30.0. The Bertz CT molecular complexity index is 1900. The molecule has 4 nitrogen and oxygen atoms in total. The van der Waals surface area contributed by atoms with Gasteiger partial charge in [-0.25, -0.2) is 9.97 Å². The van der Waals surface area contributed by atoms with Gasteiger partial charge in [0.2, 0.25) is 0 Å². The van der Waals surface area contributed by atoms with Crippen LogP contribution in [0.2, 0.25) is 0 Å². The predicted octanol–water partition coefficient (Wildman–Crippen LogP) is 11.0. The van der Waals surface area contributed by atoms with Gasteiger partial charge in [0.25, 0.3) is 0 Å². The van der Waals surface area contributed by atoms with E-state index < -0.39 is 0 Å². The molecule has 8 bridgehead atoms. The van der Waals surface area contributed by atoms with Crippen LogP contribution in [0, 0.1) is 0 Å². The first-order valence-electron chi connectivity index (χ1n) is 15.3. The quantitative estimate of drug-likeness (QED) is 0.168. The molecule has 0 amide bonds. The Morgan fingerprint density at radius 1 is 0.477 bits per heavy atom. The maximum absolute atomic E-state index is 5.28. The number of hydrogen-bond donors (Lipinski definition) is 2. The van der Waals surface area contributed by atoms with Crippen LogP contribution in [-0.2, 0) is 0 Å². The maximum atomic E-state index is 5.28. The Morgan fingerprint density at radius 3 is 1.34 bits per heavy atom. The molecule has 6 heteroatoms. The van der Waals surface area contributed by atoms with Gasteiger partial charge >= 0.3 is 0 Å². The first kappa shape index (κ1) is 28.5. The standard InChI is InChI=1S/C38H34N4S2/c1-3-23-43-37-31-19-15-27(39-31)35(25-11-7-5-8-12-25)29-17-21-33(41-29)38(44-24-4-2)34-22-18-30(42-34)36(26-13-9-6-10-14-26)28-16-20-32(37)40-28/h5-22,39-40H,3-4,23-24H2,1-2H3. The maximum Gasteiger partial charge on any atom is 0.0795 e. The Balaban J connectivity index is 1.64. The normalized spacial score (nSPS) is 12.2. The van der Waals surface area contributed by atoms with Crippen molar-refractivity contribution in [2.75, 3.05) is 11.5 Å². The Kier molecular flexibility index (Phi) is 8.27. The highest BCUT2D eigenvalue weighted by atomic mass is 32.2. The van der Waals surface area contributed by atoms with Crippen LogP contribution in [0.1, 0.15) is 49.5 Å². The van der Waals surface area contributed by atoms with Crippen LogP contribution in [0.4, 0.5) is 0 Å². The van der Waals surface area contributed by atoms with Crippen molar-refractivity contribution in [2.24, 2.45) is 0 Å². The van der Waals surface area contributed by atoms with Crippen molar-refractivity contribution >= 4 is 69.9 Å². The molecule has 0 spiro atoms. The molecule has 0 saturated heterocycles. The zero-order chi connectivity index (χ0) is 29.9. The molecule has 0 fully saturated rings. The number of aromatic amines is 2. The van der Waals surface area contributed by atoms with E-state index in [9.17, 15) is 0 Å². The Hall–Kier alpha value is -4.26. The van der Waals surface area contributed by atoms with E-state index in [1.807, 2.05) is 23.5 Å². The van der Waals surface area contributed by atoms with Gasteiger partial charge in [0.1, 0.15) is 0 Å². The largest absolute Gasteiger partial charge is 0.354 e. The summed E-state index contributed by atoms with van der Waals surface area (Å²) < 4.78 is 0. The monoisotopic (exact) mass is 610 g/mol. The van der Waals surface area contributed by atoms with E-state index in [-0.39, 0.29) is 0 Å². The van der Waals surface area contributed by atoms with Crippen molar-refractivity contribution in [3.63, 3.8) is 0 Å². The van der Waals surface area contributed by atoms with Crippen LogP contribution in [0.25, 0.3) is 68.6 Å². The lowest BCUT2D eigenvalue weighted by Gasteiger charge is -2.06. The molecule has 5 aromatic rings. The third-order valence-corrected chi connectivity index (χ3v) is 10.3. The van der Waals surface area contributed by atoms with Gasteiger partial charge in [-0.3, -0.25) is 0 Å². The van der Waals surface area contributed by atoms with E-state index in [4.69, 9.17) is 9.97 Å². The van der Waals surface area contributed by atoms with Crippen molar-refractivity contribution < 1.29 is 0 Å². The van der Waals surface area contributed by atoms with E-state index in [0.717, 1.165) is 96.3 Å². The minimum Gasteiger partial charge on any atom is -0.354 e. The topological polar surface area (TPSA) is 57.4 Å². The number of nitrogens with zero attached hydrogens (tertiary/aromatic N) is 2. The second-order valence-electron chi connectivity index (χ2n) is 10.8. The van der Waals surface area contributed by atoms with Crippen molar-refractivity contribution in [1.82, 2.24) is 19.9 Å². The van der Waals surface area contributed by atoms with Crippen molar-refractivity contribution in [2.45, 2.75) is 36.5 Å². The minimum absolute atomic E-state index is 0.953. The summed E-state index contributed by atoms with van der Waals surface area (Å²) in [4.78, 5) is 20.5. The number of fused-ring (bicyclic) bond motifs is 8. The lowest BCUT2D eigenvalue weighted by Crippen LogP contribution is -1.90. The molecule has 2 aromatic carbocycles. The van der Waals surface area contributed by atoms with Crippen LogP contribution in [0.3, 0.4) is 0 Å². The van der Waals surface area contributed by atoms with Crippen LogP contribution in [0.15, 0.2) is 94.7 Å². The average molecular weight is 611 g/mol. The second-order valence-corrected chi connectivity index (χ2v) is 13.1. The van der Waals surface area contributed by atoms with E-state index in [1.165, 1.54) is 4.90 Å². The predicted molar refractivity (Wildman–Crippen MR) is 192 cm³/mol. The molecule has 7 rings (SSSR count). The summed E-state index contributed by atoms with van der Waals surface area (Å²) in [7, 11) is 0. The molecule has 218 valence electrons. The molecule has 2 N–H and O–H groups in total. The zero-order valence-corrected chi connectivity index (χ0v) is 26.6. The first-order valence-corrected chi connectivity index (χ1v) is 17.2. The van der Waals surface area contributed by atoms with Crippen LogP contribution < -0.4 is 0 Å². The molecule has 0 aliphatic carbocycles. The molecule has 2 aliphatic heterocycles. The van der Waals surface area contributed by atoms with Gasteiger partial charge in [-0.2, -0.15) is 0 Å². The number of H-pyrrole nitrogens is 2. The van der Waals surface area contributed by atoms with E-state index in [1.54, 1.807) is 0 Å². The molecule has 0 radical (unpaired) electrons. The van der Waals surface area contributed by atoms with Crippen LogP contribution >= 0.6 is 23.5 Å². The lowest BCUT2D eigenvalue weighted by molar-refractivity contribution is 1.10. The van der Waals surface area contributed by atoms with Gasteiger partial charge in [0, 0.05) is 22.2 Å². The van der Waals surface area contributed by atoms with E-state index >= 15 is 0 Å². The number of rotatable bonds is 8. The molecule has 3 aromatic heterocycles. The van der Waals surface area contributed by atoms with Gasteiger partial charge in [-0.05, 0) is 84.0 Å². The number of hydrogen-bond acceptors (Lipinski definition) is 4. The van der Waals surface area contributed by atoms with Gasteiger partial charge in [0.05, 0.1) is 43.6 Å². The summed E-state index contributed by atoms with van der Waals surface area (Å²) >= 11 is 3.72. The SMILES string of the molecule is CCCSc1c2nc(c(-c3ccccc3)c3ccc([nH]3)c(SCCC)c3ccc([nH]3)c(-c3ccccc3)c3nc1C=C3)C=C2. The third kappa shape index (κ3) is 5.56. The smallest absolute Gasteiger partial charge is 0.0795 e. The lowest BCUT2D eigenvalue weighted by atomic mass is 10.0. The zero-order valence-electron chi connectivity index (χ0n) is 24.9. The van der Waals surface area contributed by atoms with Crippen molar-refractivity contribution in [1.29, 1.82) is 0 Å². The van der Waals surface area contributed by atoms with Crippen molar-refractivity contribution in [3.8, 4) is 22.3 Å². The van der Waals surface area contributed by atoms with E-state index in [0.29, 0.717) is 0 Å². The molecule has 0 saturated carbocycles. The fourth-order valence-corrected chi connectivity index (χ4v) is 7.57. The minimum atomic E-state index is 0.953. The number of benzene rings is 2. The van der Waals surface area contributed by atoms with Gasteiger partial charge in [-0.1, -0.05) is 74.5 Å². The highest BCUT2D eigenvalue weighted by Gasteiger charge is 2.18. The van der Waals surface area contributed by atoms with Crippen LogP contribution in [-0.4, -0.2) is 31.4 Å². The van der Waals surface area contributed by atoms with Crippen LogP contribution in [0.5, 0.6) is 0 Å². The molecule has 0 atom stereocenters.